The monoisotopic (exact) mass is 362 g/mol. The molecule has 144 valence electrons. The highest BCUT2D eigenvalue weighted by molar-refractivity contribution is 5.79. The van der Waals surface area contributed by atoms with Crippen molar-refractivity contribution in [3.63, 3.8) is 0 Å². The second kappa shape index (κ2) is 7.33. The van der Waals surface area contributed by atoms with Crippen molar-refractivity contribution in [2.24, 2.45) is 11.8 Å². The fraction of sp³-hybridized carbons (Fsp3) is 0.750. The van der Waals surface area contributed by atoms with E-state index in [4.69, 9.17) is 9.52 Å². The van der Waals surface area contributed by atoms with E-state index in [9.17, 15) is 9.90 Å². The third-order valence-electron chi connectivity index (χ3n) is 6.62. The number of piperidine rings is 2. The Morgan fingerprint density at radius 1 is 1.15 bits per heavy atom. The molecule has 4 rings (SSSR count). The molecule has 3 heterocycles. The average Bonchev–Trinajstić information content (AvgIpc) is 3.33. The van der Waals surface area contributed by atoms with Gasteiger partial charge in [0.2, 0.25) is 5.91 Å². The number of rotatable bonds is 4. The lowest BCUT2D eigenvalue weighted by molar-refractivity contribution is -0.150. The first kappa shape index (κ1) is 18.0. The number of hydrogen-bond donors (Lipinski definition) is 2. The molecule has 0 bridgehead atoms. The molecule has 2 atom stereocenters. The minimum absolute atomic E-state index is 0.0827. The lowest BCUT2D eigenvalue weighted by Gasteiger charge is -2.50. The zero-order valence-corrected chi connectivity index (χ0v) is 15.4. The van der Waals surface area contributed by atoms with Crippen LogP contribution in [0.25, 0.3) is 0 Å². The summed E-state index contributed by atoms with van der Waals surface area (Å²) in [7, 11) is 0. The number of carbonyl (C=O) groups excluding carboxylic acids is 1. The minimum atomic E-state index is -0.637. The number of amides is 1. The summed E-state index contributed by atoms with van der Waals surface area (Å²) in [5.74, 6) is 2.04. The van der Waals surface area contributed by atoms with E-state index in [1.807, 2.05) is 11.0 Å². The van der Waals surface area contributed by atoms with Gasteiger partial charge in [-0.3, -0.25) is 9.69 Å². The Hall–Kier alpha value is -1.37. The zero-order chi connectivity index (χ0) is 18.1. The normalized spacial score (nSPS) is 30.5. The molecule has 1 amide bonds. The molecule has 3 aliphatic rings. The van der Waals surface area contributed by atoms with Gasteiger partial charge in [0.15, 0.2) is 0 Å². The molecular weight excluding hydrogens is 332 g/mol. The van der Waals surface area contributed by atoms with Gasteiger partial charge in [0.25, 0.3) is 0 Å². The number of likely N-dealkylation sites (tertiary alicyclic amines) is 2. The van der Waals surface area contributed by atoms with E-state index in [1.54, 1.807) is 6.07 Å². The number of furan rings is 1. The molecule has 2 N–H and O–H groups in total. The Labute approximate surface area is 154 Å². The summed E-state index contributed by atoms with van der Waals surface area (Å²) in [4.78, 5) is 17.1. The van der Waals surface area contributed by atoms with E-state index >= 15 is 0 Å². The van der Waals surface area contributed by atoms with Gasteiger partial charge in [0.05, 0.1) is 12.1 Å². The van der Waals surface area contributed by atoms with Crippen molar-refractivity contribution in [3.8, 4) is 0 Å². The predicted molar refractivity (Wildman–Crippen MR) is 96.1 cm³/mol. The largest absolute Gasteiger partial charge is 0.462 e. The Morgan fingerprint density at radius 3 is 2.62 bits per heavy atom. The first-order valence-electron chi connectivity index (χ1n) is 9.99. The quantitative estimate of drug-likeness (QED) is 0.853. The van der Waals surface area contributed by atoms with Crippen LogP contribution < -0.4 is 0 Å². The molecule has 0 aromatic carbocycles. The summed E-state index contributed by atoms with van der Waals surface area (Å²) in [5.41, 5.74) is -0.637. The number of carbonyl (C=O) groups is 1. The number of nitrogens with zero attached hydrogens (tertiary/aromatic N) is 2. The van der Waals surface area contributed by atoms with Crippen LogP contribution in [0.3, 0.4) is 0 Å². The van der Waals surface area contributed by atoms with Gasteiger partial charge in [-0.15, -0.1) is 0 Å². The zero-order valence-electron chi connectivity index (χ0n) is 15.4. The van der Waals surface area contributed by atoms with Gasteiger partial charge in [0.1, 0.15) is 18.1 Å². The maximum atomic E-state index is 12.8. The maximum Gasteiger partial charge on any atom is 0.225 e. The van der Waals surface area contributed by atoms with Gasteiger partial charge >= 0.3 is 0 Å². The highest BCUT2D eigenvalue weighted by atomic mass is 16.4. The van der Waals surface area contributed by atoms with Gasteiger partial charge < -0.3 is 19.5 Å². The molecule has 2 aliphatic heterocycles. The molecule has 26 heavy (non-hydrogen) atoms. The topological polar surface area (TPSA) is 77.2 Å². The highest BCUT2D eigenvalue weighted by Crippen LogP contribution is 2.37. The van der Waals surface area contributed by atoms with Gasteiger partial charge in [-0.05, 0) is 37.8 Å². The Balaban J connectivity index is 1.38. The second-order valence-corrected chi connectivity index (χ2v) is 8.33. The van der Waals surface area contributed by atoms with Crippen LogP contribution in [-0.4, -0.2) is 57.7 Å². The highest BCUT2D eigenvalue weighted by Gasteiger charge is 2.46. The summed E-state index contributed by atoms with van der Waals surface area (Å²) in [5, 5.41) is 20.2. The number of aliphatic hydroxyl groups is 2. The van der Waals surface area contributed by atoms with E-state index in [2.05, 4.69) is 4.90 Å². The molecule has 3 fully saturated rings. The predicted octanol–water partition coefficient (Wildman–Crippen LogP) is 1.75. The van der Waals surface area contributed by atoms with Crippen LogP contribution in [-0.2, 0) is 17.9 Å². The lowest BCUT2D eigenvalue weighted by atomic mass is 9.75. The Morgan fingerprint density at radius 2 is 1.88 bits per heavy atom. The smallest absolute Gasteiger partial charge is 0.225 e. The van der Waals surface area contributed by atoms with Crippen molar-refractivity contribution >= 4 is 5.91 Å². The van der Waals surface area contributed by atoms with Crippen molar-refractivity contribution < 1.29 is 19.4 Å². The molecule has 0 spiro atoms. The molecule has 6 nitrogen and oxygen atoms in total. The van der Waals surface area contributed by atoms with Crippen molar-refractivity contribution in [3.05, 3.63) is 23.7 Å². The number of hydrogen-bond acceptors (Lipinski definition) is 5. The Bertz CT molecular complexity index is 640. The third-order valence-corrected chi connectivity index (χ3v) is 6.62. The van der Waals surface area contributed by atoms with Crippen molar-refractivity contribution in [2.45, 2.75) is 57.3 Å². The molecule has 1 aliphatic carbocycles. The standard InChI is InChI=1S/C20H30N2O4/c23-14-18-6-5-17(26-18)13-21-9-7-20(25)8-10-22(12-16(20)11-21)19(24)15-3-1-2-4-15/h5-6,15-16,23,25H,1-4,7-14H2/t16-,20-/m1/s1. The molecule has 1 aromatic heterocycles. The molecule has 1 aromatic rings. The van der Waals surface area contributed by atoms with Crippen LogP contribution >= 0.6 is 0 Å². The minimum Gasteiger partial charge on any atom is -0.462 e. The first-order chi connectivity index (χ1) is 12.6. The van der Waals surface area contributed by atoms with E-state index < -0.39 is 5.60 Å². The van der Waals surface area contributed by atoms with Crippen LogP contribution in [0.4, 0.5) is 0 Å². The molecule has 0 unspecified atom stereocenters. The summed E-state index contributed by atoms with van der Waals surface area (Å²) in [6, 6.07) is 3.71. The maximum absolute atomic E-state index is 12.8. The molecule has 6 heteroatoms. The second-order valence-electron chi connectivity index (χ2n) is 8.33. The number of fused-ring (bicyclic) bond motifs is 1. The van der Waals surface area contributed by atoms with E-state index in [1.165, 1.54) is 12.8 Å². The summed E-state index contributed by atoms with van der Waals surface area (Å²) < 4.78 is 5.60. The average molecular weight is 362 g/mol. The van der Waals surface area contributed by atoms with Crippen LogP contribution in [0, 0.1) is 11.8 Å². The van der Waals surface area contributed by atoms with Crippen LogP contribution in [0.2, 0.25) is 0 Å². The SMILES string of the molecule is O=C(C1CCCC1)N1CC[C@]2(O)CCN(Cc3ccc(CO)o3)C[C@@H]2C1. The summed E-state index contributed by atoms with van der Waals surface area (Å²) in [6.45, 7) is 3.57. The summed E-state index contributed by atoms with van der Waals surface area (Å²) >= 11 is 0. The molecule has 2 saturated heterocycles. The van der Waals surface area contributed by atoms with Gasteiger partial charge in [0, 0.05) is 38.0 Å². The third kappa shape index (κ3) is 3.55. The first-order valence-corrected chi connectivity index (χ1v) is 9.99. The van der Waals surface area contributed by atoms with E-state index in [0.29, 0.717) is 37.7 Å². The molecule has 1 saturated carbocycles. The molecular formula is C20H30N2O4. The van der Waals surface area contributed by atoms with Crippen LogP contribution in [0.15, 0.2) is 16.5 Å². The lowest BCUT2D eigenvalue weighted by Crippen LogP contribution is -2.60. The van der Waals surface area contributed by atoms with E-state index in [0.717, 1.165) is 38.1 Å². The van der Waals surface area contributed by atoms with Crippen molar-refractivity contribution in [1.82, 2.24) is 9.80 Å². The fourth-order valence-corrected chi connectivity index (χ4v) is 4.96. The van der Waals surface area contributed by atoms with E-state index in [-0.39, 0.29) is 18.4 Å². The van der Waals surface area contributed by atoms with Gasteiger partial charge in [-0.1, -0.05) is 12.8 Å². The van der Waals surface area contributed by atoms with Gasteiger partial charge in [-0.25, -0.2) is 0 Å². The van der Waals surface area contributed by atoms with Crippen molar-refractivity contribution in [2.75, 3.05) is 26.2 Å². The van der Waals surface area contributed by atoms with Crippen LogP contribution in [0.1, 0.15) is 50.0 Å². The molecule has 0 radical (unpaired) electrons. The van der Waals surface area contributed by atoms with Gasteiger partial charge in [-0.2, -0.15) is 0 Å². The summed E-state index contributed by atoms with van der Waals surface area (Å²) in [6.07, 6.45) is 5.84. The number of aliphatic hydroxyl groups excluding tert-OH is 1. The van der Waals surface area contributed by atoms with Crippen molar-refractivity contribution in [1.29, 1.82) is 0 Å². The fourth-order valence-electron chi connectivity index (χ4n) is 4.96. The van der Waals surface area contributed by atoms with Crippen LogP contribution in [0.5, 0.6) is 0 Å². The Kier molecular flexibility index (Phi) is 5.08.